The minimum Gasteiger partial charge on any atom is -0.437 e. The smallest absolute Gasteiger partial charge is 0.417 e. The molecule has 0 radical (unpaired) electrons. The summed E-state index contributed by atoms with van der Waals surface area (Å²) < 4.78 is 47.0. The molecule has 8 nitrogen and oxygen atoms in total. The molecule has 34 heavy (non-hydrogen) atoms. The summed E-state index contributed by atoms with van der Waals surface area (Å²) in [5.41, 5.74) is -0.262. The lowest BCUT2D eigenvalue weighted by molar-refractivity contribution is -0.137. The van der Waals surface area contributed by atoms with Gasteiger partial charge in [0.15, 0.2) is 0 Å². The van der Waals surface area contributed by atoms with Crippen LogP contribution in [-0.2, 0) is 13.2 Å². The lowest BCUT2D eigenvalue weighted by Crippen LogP contribution is -2.20. The summed E-state index contributed by atoms with van der Waals surface area (Å²) >= 11 is 6.25. The van der Waals surface area contributed by atoms with Crippen LogP contribution in [0.15, 0.2) is 55.0 Å². The average Bonchev–Trinajstić information content (AvgIpc) is 3.17. The first-order valence-corrected chi connectivity index (χ1v) is 9.96. The summed E-state index contributed by atoms with van der Waals surface area (Å²) in [6, 6.07) is 9.79. The molecule has 0 saturated carbocycles. The van der Waals surface area contributed by atoms with E-state index in [4.69, 9.17) is 21.6 Å². The van der Waals surface area contributed by atoms with Gasteiger partial charge in [-0.1, -0.05) is 11.6 Å². The number of hydrogen-bond donors (Lipinski definition) is 2. The number of nitrogens with one attached hydrogen (secondary N) is 2. The van der Waals surface area contributed by atoms with E-state index in [0.29, 0.717) is 28.7 Å². The van der Waals surface area contributed by atoms with Gasteiger partial charge in [0, 0.05) is 25.0 Å². The lowest BCUT2D eigenvalue weighted by Gasteiger charge is -2.13. The average molecular weight is 487 g/mol. The maximum absolute atomic E-state index is 13.1. The van der Waals surface area contributed by atoms with Gasteiger partial charge in [0.25, 0.3) is 0 Å². The Hall–Kier alpha value is -4.30. The van der Waals surface area contributed by atoms with Crippen molar-refractivity contribution >= 4 is 40.0 Å². The quantitative estimate of drug-likeness (QED) is 0.371. The van der Waals surface area contributed by atoms with Gasteiger partial charge < -0.3 is 19.9 Å². The Bertz CT molecular complexity index is 1450. The monoisotopic (exact) mass is 486 g/mol. The summed E-state index contributed by atoms with van der Waals surface area (Å²) in [7, 11) is 1.82. The van der Waals surface area contributed by atoms with E-state index >= 15 is 0 Å². The topological polar surface area (TPSA) is 105 Å². The highest BCUT2D eigenvalue weighted by Gasteiger charge is 2.34. The number of rotatable bonds is 4. The van der Waals surface area contributed by atoms with Crippen molar-refractivity contribution < 1.29 is 22.7 Å². The molecule has 0 aliphatic carbocycles. The fourth-order valence-electron chi connectivity index (χ4n) is 3.17. The molecular formula is C22H14ClF3N6O2. The number of anilines is 2. The van der Waals surface area contributed by atoms with Crippen LogP contribution >= 0.6 is 11.6 Å². The molecule has 172 valence electrons. The largest absolute Gasteiger partial charge is 0.437 e. The highest BCUT2D eigenvalue weighted by Crippen LogP contribution is 2.34. The van der Waals surface area contributed by atoms with Crippen LogP contribution < -0.4 is 15.4 Å². The minimum absolute atomic E-state index is 0.126. The van der Waals surface area contributed by atoms with E-state index in [1.54, 1.807) is 10.6 Å². The number of nitriles is 1. The highest BCUT2D eigenvalue weighted by atomic mass is 35.5. The number of amides is 2. The zero-order valence-electron chi connectivity index (χ0n) is 17.3. The van der Waals surface area contributed by atoms with Crippen LogP contribution in [0.2, 0.25) is 5.02 Å². The van der Waals surface area contributed by atoms with Crippen LogP contribution in [0.4, 0.5) is 29.3 Å². The van der Waals surface area contributed by atoms with Crippen LogP contribution in [-0.4, -0.2) is 20.6 Å². The van der Waals surface area contributed by atoms with E-state index in [1.807, 2.05) is 19.3 Å². The van der Waals surface area contributed by atoms with Crippen molar-refractivity contribution in [3.63, 3.8) is 0 Å². The van der Waals surface area contributed by atoms with Crippen LogP contribution in [0.1, 0.15) is 11.1 Å². The molecular weight excluding hydrogens is 473 g/mol. The van der Waals surface area contributed by atoms with Crippen LogP contribution in [0, 0.1) is 11.3 Å². The van der Waals surface area contributed by atoms with Gasteiger partial charge in [-0.05, 0) is 36.4 Å². The number of ether oxygens (including phenoxy) is 1. The SMILES string of the molecule is Cn1ccc2ncnc(Oc3ccc(NC(=O)Nc4ccc(C#N)c(C(F)(F)F)c4)c(Cl)c3)c21. The van der Waals surface area contributed by atoms with Gasteiger partial charge in [-0.25, -0.2) is 9.78 Å². The first-order valence-electron chi connectivity index (χ1n) is 9.58. The van der Waals surface area contributed by atoms with Crippen molar-refractivity contribution in [3.05, 3.63) is 71.1 Å². The normalized spacial score (nSPS) is 11.2. The molecule has 0 atom stereocenters. The second-order valence-corrected chi connectivity index (χ2v) is 7.44. The molecule has 12 heteroatoms. The van der Waals surface area contributed by atoms with Crippen molar-refractivity contribution in [2.24, 2.45) is 7.05 Å². The second-order valence-electron chi connectivity index (χ2n) is 7.03. The van der Waals surface area contributed by atoms with E-state index < -0.39 is 23.3 Å². The summed E-state index contributed by atoms with van der Waals surface area (Å²) in [5, 5.41) is 13.7. The fourth-order valence-corrected chi connectivity index (χ4v) is 3.39. The van der Waals surface area contributed by atoms with Gasteiger partial charge in [-0.15, -0.1) is 0 Å². The summed E-state index contributed by atoms with van der Waals surface area (Å²) in [6.45, 7) is 0. The standard InChI is InChI=1S/C22H14ClF3N6O2/c1-32-7-6-18-19(32)20(29-11-28-18)34-14-4-5-17(16(23)9-14)31-21(33)30-13-3-2-12(10-27)15(8-13)22(24,25)26/h2-9,11H,1H3,(H2,30,31,33). The molecule has 0 fully saturated rings. The number of halogens is 4. The summed E-state index contributed by atoms with van der Waals surface area (Å²) in [4.78, 5) is 20.6. The van der Waals surface area contributed by atoms with E-state index in [-0.39, 0.29) is 16.4 Å². The predicted octanol–water partition coefficient (Wildman–Crippen LogP) is 5.95. The number of hydrogen-bond acceptors (Lipinski definition) is 5. The van der Waals surface area contributed by atoms with Crippen LogP contribution in [0.3, 0.4) is 0 Å². The van der Waals surface area contributed by atoms with Gasteiger partial charge in [-0.2, -0.15) is 23.4 Å². The zero-order chi connectivity index (χ0) is 24.5. The van der Waals surface area contributed by atoms with Crippen molar-refractivity contribution in [1.29, 1.82) is 5.26 Å². The van der Waals surface area contributed by atoms with Crippen molar-refractivity contribution in [2.75, 3.05) is 10.6 Å². The molecule has 0 spiro atoms. The number of carbonyl (C=O) groups excluding carboxylic acids is 1. The van der Waals surface area contributed by atoms with Crippen LogP contribution in [0.5, 0.6) is 11.6 Å². The number of aryl methyl sites for hydroxylation is 1. The molecule has 2 amide bonds. The van der Waals surface area contributed by atoms with Crippen LogP contribution in [0.25, 0.3) is 11.0 Å². The molecule has 4 aromatic rings. The Morgan fingerprint density at radius 1 is 1.15 bits per heavy atom. The molecule has 4 rings (SSSR count). The van der Waals surface area contributed by atoms with Gasteiger partial charge in [-0.3, -0.25) is 0 Å². The van der Waals surface area contributed by atoms with E-state index in [2.05, 4.69) is 20.6 Å². The van der Waals surface area contributed by atoms with E-state index in [1.165, 1.54) is 30.6 Å². The van der Waals surface area contributed by atoms with Gasteiger partial charge in [0.2, 0.25) is 5.88 Å². The number of carbonyl (C=O) groups is 1. The summed E-state index contributed by atoms with van der Waals surface area (Å²) in [6.07, 6.45) is -1.56. The third kappa shape index (κ3) is 4.72. The minimum atomic E-state index is -4.74. The molecule has 2 aromatic heterocycles. The maximum Gasteiger partial charge on any atom is 0.417 e. The molecule has 0 unspecified atom stereocenters. The molecule has 0 saturated heterocycles. The number of nitrogens with zero attached hydrogens (tertiary/aromatic N) is 4. The van der Waals surface area contributed by atoms with Gasteiger partial charge in [0.1, 0.15) is 17.6 Å². The zero-order valence-corrected chi connectivity index (χ0v) is 18.1. The predicted molar refractivity (Wildman–Crippen MR) is 119 cm³/mol. The first-order chi connectivity index (χ1) is 16.2. The van der Waals surface area contributed by atoms with Gasteiger partial charge >= 0.3 is 12.2 Å². The highest BCUT2D eigenvalue weighted by molar-refractivity contribution is 6.34. The number of benzene rings is 2. The number of aromatic nitrogens is 3. The Kier molecular flexibility index (Phi) is 6.00. The number of alkyl halides is 3. The van der Waals surface area contributed by atoms with Gasteiger partial charge in [0.05, 0.1) is 33.4 Å². The Morgan fingerprint density at radius 3 is 2.65 bits per heavy atom. The molecule has 0 aliphatic heterocycles. The number of urea groups is 1. The fraction of sp³-hybridized carbons (Fsp3) is 0.0909. The van der Waals surface area contributed by atoms with Crippen molar-refractivity contribution in [3.8, 4) is 17.7 Å². The molecule has 0 aliphatic rings. The molecule has 2 N–H and O–H groups in total. The second kappa shape index (κ2) is 8.92. The maximum atomic E-state index is 13.1. The number of fused-ring (bicyclic) bond motifs is 1. The third-order valence-corrected chi connectivity index (χ3v) is 5.04. The lowest BCUT2D eigenvalue weighted by atomic mass is 10.1. The van der Waals surface area contributed by atoms with E-state index in [9.17, 15) is 18.0 Å². The molecule has 2 heterocycles. The third-order valence-electron chi connectivity index (χ3n) is 4.73. The summed E-state index contributed by atoms with van der Waals surface area (Å²) in [5.74, 6) is 0.660. The van der Waals surface area contributed by atoms with Crippen molar-refractivity contribution in [1.82, 2.24) is 14.5 Å². The molecule has 2 aromatic carbocycles. The Labute approximate surface area is 195 Å². The Balaban J connectivity index is 1.48. The van der Waals surface area contributed by atoms with Crippen molar-refractivity contribution in [2.45, 2.75) is 6.18 Å². The Morgan fingerprint density at radius 2 is 1.94 bits per heavy atom. The first kappa shape index (κ1) is 22.9. The molecule has 0 bridgehead atoms. The van der Waals surface area contributed by atoms with E-state index in [0.717, 1.165) is 6.07 Å².